The molecule has 0 aromatic rings. The lowest BCUT2D eigenvalue weighted by Gasteiger charge is -2.18. The first-order chi connectivity index (χ1) is 2.79. The van der Waals surface area contributed by atoms with Crippen molar-refractivity contribution in [2.45, 2.75) is 5.75 Å². The number of cyclic esters (lactones) is 2. The molecule has 1 fully saturated rings. The molecule has 0 saturated carbocycles. The van der Waals surface area contributed by atoms with E-state index in [4.69, 9.17) is 11.6 Å². The highest BCUT2D eigenvalue weighted by atomic mass is 35.5. The molecule has 1 aliphatic rings. The molecule has 0 spiro atoms. The van der Waals surface area contributed by atoms with E-state index >= 15 is 0 Å². The second-order valence-corrected chi connectivity index (χ2v) is 1.12. The average molecular weight is 108 g/mol. The maximum absolute atomic E-state index is 9.58. The smallest absolute Gasteiger partial charge is 0.378 e. The molecule has 0 aliphatic carbocycles. The van der Waals surface area contributed by atoms with E-state index in [1.165, 1.54) is 0 Å². The molecule has 6 heavy (non-hydrogen) atoms. The topological polar surface area (TPSA) is 35.5 Å². The van der Waals surface area contributed by atoms with Gasteiger partial charge in [-0.2, -0.15) is 0 Å². The van der Waals surface area contributed by atoms with Crippen LogP contribution in [0.4, 0.5) is 4.79 Å². The van der Waals surface area contributed by atoms with Crippen molar-refractivity contribution in [3.63, 3.8) is 0 Å². The maximum Gasteiger partial charge on any atom is 0.516 e. The van der Waals surface area contributed by atoms with Crippen LogP contribution in [-0.4, -0.2) is 11.9 Å². The summed E-state index contributed by atoms with van der Waals surface area (Å²) in [7, 11) is 0. The number of hydrogen-bond donors (Lipinski definition) is 0. The van der Waals surface area contributed by atoms with Crippen molar-refractivity contribution in [2.24, 2.45) is 0 Å². The van der Waals surface area contributed by atoms with E-state index < -0.39 is 11.9 Å². The van der Waals surface area contributed by atoms with Crippen LogP contribution in [0.2, 0.25) is 0 Å². The first-order valence-electron chi connectivity index (χ1n) is 1.30. The summed E-state index contributed by atoms with van der Waals surface area (Å²) in [6.45, 7) is 0. The van der Waals surface area contributed by atoms with Gasteiger partial charge in [-0.3, -0.25) is 0 Å². The highest BCUT2D eigenvalue weighted by molar-refractivity contribution is 6.20. The van der Waals surface area contributed by atoms with Crippen LogP contribution >= 0.6 is 11.6 Å². The van der Waals surface area contributed by atoms with E-state index in [-0.39, 0.29) is 0 Å². The summed E-state index contributed by atoms with van der Waals surface area (Å²) >= 11 is 4.98. The van der Waals surface area contributed by atoms with E-state index in [0.29, 0.717) is 0 Å². The highest BCUT2D eigenvalue weighted by Crippen LogP contribution is 2.12. The average Bonchev–Trinajstić information content (AvgIpc) is 1.33. The molecule has 0 unspecified atom stereocenters. The number of ether oxygens (including phenoxy) is 2. The van der Waals surface area contributed by atoms with E-state index in [1.807, 2.05) is 0 Å². The predicted octanol–water partition coefficient (Wildman–Crippen LogP) is 0.676. The predicted molar refractivity (Wildman–Crippen MR) is 17.2 cm³/mol. The molecule has 1 rings (SSSR count). The Morgan fingerprint density at radius 1 is 1.67 bits per heavy atom. The van der Waals surface area contributed by atoms with Crippen molar-refractivity contribution in [1.82, 2.24) is 0 Å². The van der Waals surface area contributed by atoms with E-state index in [1.54, 1.807) is 0 Å². The summed E-state index contributed by atoms with van der Waals surface area (Å²) < 4.78 is 8.09. The Kier molecular flexibility index (Phi) is 0.630. The van der Waals surface area contributed by atoms with Gasteiger partial charge in [0, 0.05) is 0 Å². The van der Waals surface area contributed by atoms with Crippen LogP contribution in [0.15, 0.2) is 0 Å². The molecule has 1 saturated heterocycles. The van der Waals surface area contributed by atoms with Crippen LogP contribution in [-0.2, 0) is 9.47 Å². The third-order valence-electron chi connectivity index (χ3n) is 0.378. The lowest BCUT2D eigenvalue weighted by molar-refractivity contribution is -0.133. The lowest BCUT2D eigenvalue weighted by Crippen LogP contribution is -2.29. The van der Waals surface area contributed by atoms with E-state index in [0.717, 1.165) is 0 Å². The normalized spacial score (nSPS) is 21.2. The first-order valence-corrected chi connectivity index (χ1v) is 1.74. The summed E-state index contributed by atoms with van der Waals surface area (Å²) in [5.41, 5.74) is 0. The van der Waals surface area contributed by atoms with E-state index in [9.17, 15) is 4.79 Å². The molecule has 0 bridgehead atoms. The van der Waals surface area contributed by atoms with Gasteiger partial charge in [0.2, 0.25) is 0 Å². The molecule has 0 aromatic heterocycles. The number of carbonyl (C=O) groups is 1. The van der Waals surface area contributed by atoms with Crippen molar-refractivity contribution in [1.29, 1.82) is 0 Å². The molecule has 0 aromatic carbocycles. The Morgan fingerprint density at radius 2 is 2.17 bits per heavy atom. The summed E-state index contributed by atoms with van der Waals surface area (Å²) in [6.07, 6.45) is -0.699. The third kappa shape index (κ3) is 0.408. The minimum Gasteiger partial charge on any atom is -0.378 e. The van der Waals surface area contributed by atoms with Crippen LogP contribution in [0.25, 0.3) is 0 Å². The van der Waals surface area contributed by atoms with Gasteiger partial charge in [0.15, 0.2) is 0 Å². The molecule has 0 amide bonds. The van der Waals surface area contributed by atoms with Crippen molar-refractivity contribution in [2.75, 3.05) is 0 Å². The Balaban J connectivity index is 2.28. The Labute approximate surface area is 38.8 Å². The number of alkyl halides is 1. The van der Waals surface area contributed by atoms with Crippen LogP contribution < -0.4 is 0 Å². The number of hydrogen-bond acceptors (Lipinski definition) is 3. The lowest BCUT2D eigenvalue weighted by atomic mass is 11.1. The quantitative estimate of drug-likeness (QED) is 0.338. The van der Waals surface area contributed by atoms with E-state index in [2.05, 4.69) is 9.47 Å². The SMILES string of the molecule is O=C1OC(Cl)O1. The molecule has 1 aliphatic heterocycles. The minimum absolute atomic E-state index is 0.699. The van der Waals surface area contributed by atoms with Gasteiger partial charge in [0.25, 0.3) is 0 Å². The van der Waals surface area contributed by atoms with Crippen LogP contribution in [0.3, 0.4) is 0 Å². The first kappa shape index (κ1) is 3.74. The molecule has 3 nitrogen and oxygen atoms in total. The summed E-state index contributed by atoms with van der Waals surface area (Å²) in [6, 6.07) is 0. The standard InChI is InChI=1S/C2HClO3/c3-1-5-2(4)6-1/h1H. The fourth-order valence-corrected chi connectivity index (χ4v) is 0.306. The van der Waals surface area contributed by atoms with Crippen molar-refractivity contribution < 1.29 is 14.3 Å². The van der Waals surface area contributed by atoms with Crippen LogP contribution in [0.5, 0.6) is 0 Å². The zero-order valence-electron chi connectivity index (χ0n) is 2.68. The number of halogens is 1. The van der Waals surface area contributed by atoms with Gasteiger partial charge in [-0.05, 0) is 11.6 Å². The molecule has 0 atom stereocenters. The number of rotatable bonds is 0. The minimum atomic E-state index is -0.836. The highest BCUT2D eigenvalue weighted by Gasteiger charge is 2.26. The second-order valence-electron chi connectivity index (χ2n) is 0.760. The number of carbonyl (C=O) groups excluding carboxylic acids is 1. The maximum atomic E-state index is 9.58. The second kappa shape index (κ2) is 1.01. The van der Waals surface area contributed by atoms with Crippen molar-refractivity contribution >= 4 is 17.8 Å². The van der Waals surface area contributed by atoms with Gasteiger partial charge in [-0.25, -0.2) is 4.79 Å². The van der Waals surface area contributed by atoms with Gasteiger partial charge in [-0.15, -0.1) is 0 Å². The van der Waals surface area contributed by atoms with Gasteiger partial charge in [0.05, 0.1) is 0 Å². The summed E-state index contributed by atoms with van der Waals surface area (Å²) in [5, 5.41) is 0. The van der Waals surface area contributed by atoms with Crippen LogP contribution in [0.1, 0.15) is 0 Å². The molecule has 4 heteroatoms. The van der Waals surface area contributed by atoms with Gasteiger partial charge in [-0.1, -0.05) is 0 Å². The van der Waals surface area contributed by atoms with Gasteiger partial charge in [0.1, 0.15) is 0 Å². The largest absolute Gasteiger partial charge is 0.516 e. The molecular formula is C2HClO3. The van der Waals surface area contributed by atoms with Crippen molar-refractivity contribution in [3.8, 4) is 0 Å². The van der Waals surface area contributed by atoms with Gasteiger partial charge >= 0.3 is 11.9 Å². The zero-order valence-corrected chi connectivity index (χ0v) is 3.44. The Morgan fingerprint density at radius 3 is 2.17 bits per heavy atom. The van der Waals surface area contributed by atoms with Gasteiger partial charge < -0.3 is 9.47 Å². The molecular weight excluding hydrogens is 107 g/mol. The summed E-state index contributed by atoms with van der Waals surface area (Å²) in [4.78, 5) is 9.58. The fraction of sp³-hybridized carbons (Fsp3) is 0.500. The summed E-state index contributed by atoms with van der Waals surface area (Å²) in [5.74, 6) is -0.836. The van der Waals surface area contributed by atoms with Crippen LogP contribution in [0, 0.1) is 0 Å². The Hall–Kier alpha value is -0.440. The van der Waals surface area contributed by atoms with Crippen molar-refractivity contribution in [3.05, 3.63) is 0 Å². The molecule has 34 valence electrons. The fourth-order valence-electron chi connectivity index (χ4n) is 0.160. The molecule has 0 N–H and O–H groups in total. The molecule has 1 heterocycles. The molecule has 0 radical (unpaired) electrons. The Bertz CT molecular complexity index is 72.9. The third-order valence-corrected chi connectivity index (χ3v) is 0.556. The monoisotopic (exact) mass is 108 g/mol. The zero-order chi connectivity index (χ0) is 4.57.